The van der Waals surface area contributed by atoms with Gasteiger partial charge in [-0.2, -0.15) is 0 Å². The average molecular weight is 257 g/mol. The lowest BCUT2D eigenvalue weighted by Gasteiger charge is -1.95. The topological polar surface area (TPSA) is 20.2 Å². The molecule has 1 aliphatic carbocycles. The maximum Gasteiger partial charge on any atom is 0.0464 e. The van der Waals surface area contributed by atoms with Crippen molar-refractivity contribution in [1.29, 1.82) is 0 Å². The van der Waals surface area contributed by atoms with Crippen LogP contribution in [0.25, 0.3) is 0 Å². The van der Waals surface area contributed by atoms with Crippen molar-refractivity contribution in [2.24, 2.45) is 11.3 Å². The first kappa shape index (κ1) is 11.7. The van der Waals surface area contributed by atoms with E-state index in [1.165, 1.54) is 6.42 Å². The fourth-order valence-electron chi connectivity index (χ4n) is 1.30. The second-order valence-corrected chi connectivity index (χ2v) is 5.28. The summed E-state index contributed by atoms with van der Waals surface area (Å²) in [7, 11) is 0. The number of hydrogen-bond donors (Lipinski definition) is 1. The molecule has 0 aromatic heterocycles. The molecule has 1 aliphatic rings. The van der Waals surface area contributed by atoms with Gasteiger partial charge in [0, 0.05) is 11.1 Å². The van der Waals surface area contributed by atoms with E-state index in [2.05, 4.69) is 29.8 Å². The Hall–Kier alpha value is -0.340. The van der Waals surface area contributed by atoms with Gasteiger partial charge in [0.05, 0.1) is 0 Å². The highest BCUT2D eigenvalue weighted by Gasteiger charge is 2.44. The number of aliphatic hydroxyl groups excluding tert-OH is 1. The second-order valence-electron chi connectivity index (χ2n) is 4.37. The average Bonchev–Trinajstić information content (AvgIpc) is 2.77. The minimum absolute atomic E-state index is 0.382. The molecule has 0 aliphatic heterocycles. The third-order valence-electron chi connectivity index (χ3n) is 2.67. The first-order valence-electron chi connectivity index (χ1n) is 4.87. The smallest absolute Gasteiger partial charge is 0.0464 e. The van der Waals surface area contributed by atoms with Crippen LogP contribution in [0.5, 0.6) is 0 Å². The molecule has 0 bridgehead atoms. The lowest BCUT2D eigenvalue weighted by molar-refractivity contribution is 0.257. The van der Waals surface area contributed by atoms with Crippen LogP contribution in [0.4, 0.5) is 0 Å². The predicted molar refractivity (Wildman–Crippen MR) is 63.1 cm³/mol. The van der Waals surface area contributed by atoms with E-state index in [0.29, 0.717) is 17.9 Å². The summed E-state index contributed by atoms with van der Waals surface area (Å²) in [6.45, 7) is 4.76. The van der Waals surface area contributed by atoms with Crippen LogP contribution in [-0.2, 0) is 0 Å². The lowest BCUT2D eigenvalue weighted by Crippen LogP contribution is -1.93. The van der Waals surface area contributed by atoms with Crippen LogP contribution < -0.4 is 0 Å². The van der Waals surface area contributed by atoms with Crippen LogP contribution in [0, 0.1) is 11.3 Å². The van der Waals surface area contributed by atoms with Crippen LogP contribution in [0.2, 0.25) is 0 Å². The molecule has 0 heterocycles. The Morgan fingerprint density at radius 3 is 2.00 bits per heavy atom. The van der Waals surface area contributed by atoms with Crippen molar-refractivity contribution in [3.05, 3.63) is 34.8 Å². The molecule has 1 unspecified atom stereocenters. The summed E-state index contributed by atoms with van der Waals surface area (Å²) in [5.41, 5.74) is 0.467. The summed E-state index contributed by atoms with van der Waals surface area (Å²) in [5.74, 6) is 0.604. The van der Waals surface area contributed by atoms with Crippen LogP contribution in [-0.4, -0.2) is 11.7 Å². The van der Waals surface area contributed by atoms with Gasteiger partial charge in [-0.3, -0.25) is 0 Å². The van der Waals surface area contributed by atoms with Crippen molar-refractivity contribution in [1.82, 2.24) is 0 Å². The predicted octanol–water partition coefficient (Wildman–Crippen LogP) is 3.47. The molecular weight excluding hydrogens is 240 g/mol. The van der Waals surface area contributed by atoms with Gasteiger partial charge in [-0.15, -0.1) is 0 Å². The zero-order chi connectivity index (χ0) is 10.6. The fourth-order valence-corrected chi connectivity index (χ4v) is 1.61. The Morgan fingerprint density at radius 1 is 1.36 bits per heavy atom. The van der Waals surface area contributed by atoms with Gasteiger partial charge in [-0.25, -0.2) is 0 Å². The Labute approximate surface area is 94.3 Å². The first-order chi connectivity index (χ1) is 6.56. The van der Waals surface area contributed by atoms with Gasteiger partial charge in [0.2, 0.25) is 0 Å². The van der Waals surface area contributed by atoms with E-state index in [-0.39, 0.29) is 0 Å². The van der Waals surface area contributed by atoms with Crippen molar-refractivity contribution in [2.75, 3.05) is 6.61 Å². The number of rotatable bonds is 1. The SMILES string of the molecule is Brc1ccccc1.CC1(C)CC1CO. The number of aliphatic hydroxyl groups is 1. The second kappa shape index (κ2) is 4.94. The molecule has 0 spiro atoms. The molecule has 1 fully saturated rings. The third-order valence-corrected chi connectivity index (χ3v) is 3.20. The zero-order valence-electron chi connectivity index (χ0n) is 8.70. The van der Waals surface area contributed by atoms with Gasteiger partial charge >= 0.3 is 0 Å². The number of halogens is 1. The summed E-state index contributed by atoms with van der Waals surface area (Å²) in [5, 5.41) is 8.54. The van der Waals surface area contributed by atoms with Crippen molar-refractivity contribution >= 4 is 15.9 Å². The van der Waals surface area contributed by atoms with E-state index >= 15 is 0 Å². The minimum atomic E-state index is 0.382. The van der Waals surface area contributed by atoms with Crippen molar-refractivity contribution in [2.45, 2.75) is 20.3 Å². The van der Waals surface area contributed by atoms with Gasteiger partial charge in [-0.1, -0.05) is 48.0 Å². The number of hydrogen-bond acceptors (Lipinski definition) is 1. The molecule has 1 saturated carbocycles. The molecular formula is C12H17BrO. The Morgan fingerprint density at radius 2 is 1.86 bits per heavy atom. The van der Waals surface area contributed by atoms with Gasteiger partial charge in [0.15, 0.2) is 0 Å². The standard InChI is InChI=1S/C6H5Br.C6H12O/c7-6-4-2-1-3-5-6;1-6(2)3-5(6)4-7/h1-5H;5,7H,3-4H2,1-2H3. The molecule has 1 aromatic rings. The largest absolute Gasteiger partial charge is 0.396 e. The zero-order valence-corrected chi connectivity index (χ0v) is 10.3. The van der Waals surface area contributed by atoms with Crippen molar-refractivity contribution in [3.8, 4) is 0 Å². The normalized spacial score (nSPS) is 22.1. The fraction of sp³-hybridized carbons (Fsp3) is 0.500. The molecule has 0 radical (unpaired) electrons. The molecule has 1 N–H and O–H groups in total. The minimum Gasteiger partial charge on any atom is -0.396 e. The van der Waals surface area contributed by atoms with Gasteiger partial charge in [0.25, 0.3) is 0 Å². The maximum absolute atomic E-state index is 8.54. The molecule has 1 nitrogen and oxygen atoms in total. The summed E-state index contributed by atoms with van der Waals surface area (Å²) in [6, 6.07) is 9.97. The maximum atomic E-state index is 8.54. The highest BCUT2D eigenvalue weighted by Crippen LogP contribution is 2.50. The highest BCUT2D eigenvalue weighted by atomic mass is 79.9. The van der Waals surface area contributed by atoms with E-state index < -0.39 is 0 Å². The molecule has 1 atom stereocenters. The molecule has 2 rings (SSSR count). The summed E-state index contributed by atoms with van der Waals surface area (Å²) < 4.78 is 1.13. The van der Waals surface area contributed by atoms with Gasteiger partial charge in [-0.05, 0) is 29.9 Å². The molecule has 0 saturated heterocycles. The monoisotopic (exact) mass is 256 g/mol. The van der Waals surface area contributed by atoms with Crippen molar-refractivity contribution < 1.29 is 5.11 Å². The van der Waals surface area contributed by atoms with Crippen LogP contribution in [0.3, 0.4) is 0 Å². The molecule has 2 heteroatoms. The third kappa shape index (κ3) is 3.81. The lowest BCUT2D eigenvalue weighted by atomic mass is 10.1. The van der Waals surface area contributed by atoms with Gasteiger partial charge in [0.1, 0.15) is 0 Å². The van der Waals surface area contributed by atoms with Crippen molar-refractivity contribution in [3.63, 3.8) is 0 Å². The van der Waals surface area contributed by atoms with Crippen LogP contribution in [0.1, 0.15) is 20.3 Å². The van der Waals surface area contributed by atoms with E-state index in [4.69, 9.17) is 5.11 Å². The van der Waals surface area contributed by atoms with E-state index in [1.54, 1.807) is 0 Å². The summed E-state index contributed by atoms with van der Waals surface area (Å²) in [6.07, 6.45) is 1.21. The Bertz CT molecular complexity index is 269. The highest BCUT2D eigenvalue weighted by molar-refractivity contribution is 9.10. The summed E-state index contributed by atoms with van der Waals surface area (Å²) >= 11 is 3.31. The molecule has 14 heavy (non-hydrogen) atoms. The van der Waals surface area contributed by atoms with E-state index in [9.17, 15) is 0 Å². The van der Waals surface area contributed by atoms with Gasteiger partial charge < -0.3 is 5.11 Å². The Balaban J connectivity index is 0.000000140. The Kier molecular flexibility index (Phi) is 4.14. The summed E-state index contributed by atoms with van der Waals surface area (Å²) in [4.78, 5) is 0. The van der Waals surface area contributed by atoms with E-state index in [0.717, 1.165) is 4.47 Å². The molecule has 78 valence electrons. The quantitative estimate of drug-likeness (QED) is 0.816. The first-order valence-corrected chi connectivity index (χ1v) is 5.67. The molecule has 0 amide bonds. The van der Waals surface area contributed by atoms with Crippen LogP contribution >= 0.6 is 15.9 Å². The van der Waals surface area contributed by atoms with E-state index in [1.807, 2.05) is 30.3 Å². The van der Waals surface area contributed by atoms with Crippen LogP contribution in [0.15, 0.2) is 34.8 Å². The molecule has 1 aromatic carbocycles. The number of benzene rings is 1.